The molecule has 4 heterocycles. The average Bonchev–Trinajstić information content (AvgIpc) is 3.76. The SMILES string of the molecule is FC(F)(F)c1ccc(-c2ccc(C=c3sc(=Cc4ccc(-c5ccc(C(F)(F)F)cc5)s4)c4nc5ccccc5nc34)s2)cc1. The molecule has 0 atom stereocenters. The summed E-state index contributed by atoms with van der Waals surface area (Å²) in [4.78, 5) is 13.3. The first-order chi connectivity index (χ1) is 21.5. The Morgan fingerprint density at radius 1 is 0.467 bits per heavy atom. The molecule has 0 radical (unpaired) electrons. The molecular weight excluding hydrogens is 647 g/mol. The maximum atomic E-state index is 13.0. The Balaban J connectivity index is 1.29. The van der Waals surface area contributed by atoms with Crippen LogP contribution in [0.3, 0.4) is 0 Å². The molecule has 0 saturated heterocycles. The minimum absolute atomic E-state index is 0.688. The number of alkyl halides is 6. The number of fused-ring (bicyclic) bond motifs is 2. The van der Waals surface area contributed by atoms with Gasteiger partial charge in [0.05, 0.1) is 31.2 Å². The number of nitrogens with zero attached hydrogens (tertiary/aromatic N) is 2. The van der Waals surface area contributed by atoms with Crippen LogP contribution in [0.2, 0.25) is 0 Å². The van der Waals surface area contributed by atoms with E-state index < -0.39 is 23.5 Å². The Hall–Kier alpha value is -4.32. The Morgan fingerprint density at radius 2 is 0.867 bits per heavy atom. The monoisotopic (exact) mass is 664 g/mol. The zero-order chi connectivity index (χ0) is 31.3. The summed E-state index contributed by atoms with van der Waals surface area (Å²) < 4.78 is 79.8. The van der Waals surface area contributed by atoms with Gasteiger partial charge < -0.3 is 0 Å². The minimum Gasteiger partial charge on any atom is -0.243 e. The van der Waals surface area contributed by atoms with Crippen LogP contribution in [0, 0.1) is 0 Å². The first-order valence-corrected chi connectivity index (χ1v) is 15.9. The van der Waals surface area contributed by atoms with Crippen LogP contribution in [0.15, 0.2) is 97.1 Å². The number of hydrogen-bond donors (Lipinski definition) is 0. The molecule has 7 aromatic rings. The van der Waals surface area contributed by atoms with Gasteiger partial charge in [-0.2, -0.15) is 26.3 Å². The Labute approximate surface area is 263 Å². The van der Waals surface area contributed by atoms with Crippen molar-refractivity contribution in [2.45, 2.75) is 12.4 Å². The molecule has 0 saturated carbocycles. The highest BCUT2D eigenvalue weighted by atomic mass is 32.1. The number of para-hydroxylation sites is 2. The number of aromatic nitrogens is 2. The van der Waals surface area contributed by atoms with E-state index in [1.165, 1.54) is 58.3 Å². The van der Waals surface area contributed by atoms with Crippen molar-refractivity contribution in [1.29, 1.82) is 0 Å². The third kappa shape index (κ3) is 6.03. The summed E-state index contributed by atoms with van der Waals surface area (Å²) in [5, 5.41) is 0. The number of hydrogen-bond acceptors (Lipinski definition) is 5. The zero-order valence-electron chi connectivity index (χ0n) is 22.8. The summed E-state index contributed by atoms with van der Waals surface area (Å²) in [6.07, 6.45) is -4.76. The molecule has 0 aliphatic carbocycles. The molecule has 0 fully saturated rings. The molecule has 0 amide bonds. The molecule has 2 nitrogen and oxygen atoms in total. The van der Waals surface area contributed by atoms with Gasteiger partial charge in [0.25, 0.3) is 0 Å². The summed E-state index contributed by atoms with van der Waals surface area (Å²) in [5.74, 6) is 0. The fourth-order valence-corrected chi connectivity index (χ4v) is 7.98. The molecule has 0 aliphatic heterocycles. The number of rotatable bonds is 4. The highest BCUT2D eigenvalue weighted by Gasteiger charge is 2.30. The van der Waals surface area contributed by atoms with Crippen LogP contribution in [0.5, 0.6) is 0 Å². The quantitative estimate of drug-likeness (QED) is 0.175. The van der Waals surface area contributed by atoms with Gasteiger partial charge in [0, 0.05) is 19.5 Å². The summed E-state index contributed by atoms with van der Waals surface area (Å²) in [5.41, 5.74) is 2.98. The van der Waals surface area contributed by atoms with Gasteiger partial charge in [-0.25, -0.2) is 9.97 Å². The highest BCUT2D eigenvalue weighted by Crippen LogP contribution is 2.35. The lowest BCUT2D eigenvalue weighted by Gasteiger charge is -2.06. The van der Waals surface area contributed by atoms with E-state index in [4.69, 9.17) is 9.97 Å². The van der Waals surface area contributed by atoms with Crippen molar-refractivity contribution < 1.29 is 26.3 Å². The number of benzene rings is 3. The van der Waals surface area contributed by atoms with Crippen LogP contribution in [0.4, 0.5) is 26.3 Å². The summed E-state index contributed by atoms with van der Waals surface area (Å²) in [7, 11) is 0. The van der Waals surface area contributed by atoms with Crippen molar-refractivity contribution in [1.82, 2.24) is 9.97 Å². The van der Waals surface area contributed by atoms with Gasteiger partial charge in [-0.1, -0.05) is 36.4 Å². The fourth-order valence-electron chi connectivity index (χ4n) is 4.83. The predicted octanol–water partition coefficient (Wildman–Crippen LogP) is 10.00. The van der Waals surface area contributed by atoms with E-state index >= 15 is 0 Å². The van der Waals surface area contributed by atoms with Crippen LogP contribution in [0.1, 0.15) is 20.9 Å². The van der Waals surface area contributed by atoms with Gasteiger partial charge >= 0.3 is 12.4 Å². The van der Waals surface area contributed by atoms with Crippen LogP contribution < -0.4 is 9.06 Å². The normalized spacial score (nSPS) is 13.4. The van der Waals surface area contributed by atoms with E-state index in [1.54, 1.807) is 0 Å². The topological polar surface area (TPSA) is 25.8 Å². The maximum absolute atomic E-state index is 13.0. The smallest absolute Gasteiger partial charge is 0.243 e. The summed E-state index contributed by atoms with van der Waals surface area (Å²) >= 11 is 4.45. The van der Waals surface area contributed by atoms with E-state index in [9.17, 15) is 26.3 Å². The molecule has 224 valence electrons. The third-order valence-corrected chi connectivity index (χ3v) is 10.3. The second-order valence-corrected chi connectivity index (χ2v) is 13.4. The van der Waals surface area contributed by atoms with E-state index in [-0.39, 0.29) is 0 Å². The van der Waals surface area contributed by atoms with Gasteiger partial charge in [-0.15, -0.1) is 34.0 Å². The van der Waals surface area contributed by atoms with E-state index in [0.717, 1.165) is 74.9 Å². The minimum atomic E-state index is -4.39. The van der Waals surface area contributed by atoms with Crippen LogP contribution in [-0.2, 0) is 12.4 Å². The lowest BCUT2D eigenvalue weighted by atomic mass is 10.1. The van der Waals surface area contributed by atoms with Gasteiger partial charge in [-0.05, 0) is 83.9 Å². The van der Waals surface area contributed by atoms with E-state index in [1.807, 2.05) is 60.7 Å². The summed E-state index contributed by atoms with van der Waals surface area (Å²) in [6.45, 7) is 0. The molecule has 3 aromatic carbocycles. The summed E-state index contributed by atoms with van der Waals surface area (Å²) in [6, 6.07) is 25.5. The average molecular weight is 665 g/mol. The predicted molar refractivity (Wildman–Crippen MR) is 171 cm³/mol. The van der Waals surface area contributed by atoms with E-state index in [0.29, 0.717) is 11.1 Å². The number of thiophene rings is 3. The van der Waals surface area contributed by atoms with Gasteiger partial charge in [0.1, 0.15) is 11.0 Å². The Morgan fingerprint density at radius 3 is 1.24 bits per heavy atom. The maximum Gasteiger partial charge on any atom is 0.416 e. The van der Waals surface area contributed by atoms with Crippen molar-refractivity contribution in [2.75, 3.05) is 0 Å². The second kappa shape index (κ2) is 11.2. The second-order valence-electron chi connectivity index (χ2n) is 10.1. The van der Waals surface area contributed by atoms with Crippen molar-refractivity contribution in [3.8, 4) is 20.9 Å². The zero-order valence-corrected chi connectivity index (χ0v) is 25.2. The molecule has 0 aliphatic rings. The molecule has 45 heavy (non-hydrogen) atoms. The number of halogens is 6. The van der Waals surface area contributed by atoms with Crippen LogP contribution >= 0.6 is 34.0 Å². The van der Waals surface area contributed by atoms with Crippen LogP contribution in [0.25, 0.3) is 55.1 Å². The first-order valence-electron chi connectivity index (χ1n) is 13.4. The van der Waals surface area contributed by atoms with Crippen molar-refractivity contribution in [3.63, 3.8) is 0 Å². The molecule has 0 bridgehead atoms. The largest absolute Gasteiger partial charge is 0.416 e. The molecule has 0 N–H and O–H groups in total. The van der Waals surface area contributed by atoms with Gasteiger partial charge in [0.2, 0.25) is 0 Å². The molecular formula is C34H18F6N2S3. The van der Waals surface area contributed by atoms with Crippen molar-refractivity contribution in [3.05, 3.63) is 127 Å². The van der Waals surface area contributed by atoms with Crippen molar-refractivity contribution >= 4 is 68.2 Å². The molecule has 7 rings (SSSR count). The van der Waals surface area contributed by atoms with Crippen LogP contribution in [-0.4, -0.2) is 9.97 Å². The fraction of sp³-hybridized carbons (Fsp3) is 0.0588. The first kappa shape index (κ1) is 29.4. The molecule has 4 aromatic heterocycles. The molecule has 11 heteroatoms. The Kier molecular flexibility index (Phi) is 7.34. The van der Waals surface area contributed by atoms with E-state index in [2.05, 4.69) is 0 Å². The van der Waals surface area contributed by atoms with Gasteiger partial charge in [0.15, 0.2) is 0 Å². The standard InChI is InChI=1S/C34H18F6N2S3/c35-33(36,37)21-9-5-19(6-10-21)27-15-13-23(43-27)17-29-31-32(42-26-4-2-1-3-25(26)41-31)30(45-29)18-24-14-16-28(44-24)20-7-11-22(12-8-20)34(38,39)40/h1-18H. The third-order valence-electron chi connectivity index (χ3n) is 7.05. The lowest BCUT2D eigenvalue weighted by molar-refractivity contribution is -0.138. The highest BCUT2D eigenvalue weighted by molar-refractivity contribution is 7.17. The molecule has 0 spiro atoms. The van der Waals surface area contributed by atoms with Gasteiger partial charge in [-0.3, -0.25) is 0 Å². The molecule has 0 unspecified atom stereocenters. The Bertz CT molecular complexity index is 2130. The van der Waals surface area contributed by atoms with Crippen molar-refractivity contribution in [2.24, 2.45) is 0 Å². The lowest BCUT2D eigenvalue weighted by Crippen LogP contribution is -2.03.